The third-order valence-corrected chi connectivity index (χ3v) is 4.34. The van der Waals surface area contributed by atoms with Crippen LogP contribution >= 0.6 is 15.9 Å². The highest BCUT2D eigenvalue weighted by Gasteiger charge is 2.20. The summed E-state index contributed by atoms with van der Waals surface area (Å²) in [5, 5.41) is 0. The third kappa shape index (κ3) is 3.71. The molecule has 106 valence electrons. The summed E-state index contributed by atoms with van der Waals surface area (Å²) in [5.74, 6) is 0. The standard InChI is InChI=1S/C15H24BrN3/c1-12(2)18-7-9-19(10-8-18)15-11-14(16)4-3-13(15)5-6-17/h3-4,11-12H,5-10,17H2,1-2H3. The van der Waals surface area contributed by atoms with E-state index in [2.05, 4.69) is 57.8 Å². The molecule has 19 heavy (non-hydrogen) atoms. The molecule has 4 heteroatoms. The third-order valence-electron chi connectivity index (χ3n) is 3.85. The summed E-state index contributed by atoms with van der Waals surface area (Å²) in [6.45, 7) is 9.75. The van der Waals surface area contributed by atoms with Crippen LogP contribution in [0.2, 0.25) is 0 Å². The number of rotatable bonds is 4. The van der Waals surface area contributed by atoms with Crippen LogP contribution in [0.15, 0.2) is 22.7 Å². The molecule has 0 radical (unpaired) electrons. The van der Waals surface area contributed by atoms with Gasteiger partial charge in [-0.1, -0.05) is 22.0 Å². The molecule has 0 spiro atoms. The van der Waals surface area contributed by atoms with Crippen molar-refractivity contribution in [2.45, 2.75) is 26.3 Å². The first-order valence-corrected chi connectivity index (χ1v) is 7.88. The van der Waals surface area contributed by atoms with Crippen LogP contribution in [0.5, 0.6) is 0 Å². The average molecular weight is 326 g/mol. The number of benzene rings is 1. The van der Waals surface area contributed by atoms with Gasteiger partial charge in [0, 0.05) is 42.4 Å². The number of nitrogens with zero attached hydrogens (tertiary/aromatic N) is 2. The van der Waals surface area contributed by atoms with Crippen molar-refractivity contribution in [2.24, 2.45) is 5.73 Å². The summed E-state index contributed by atoms with van der Waals surface area (Å²) >= 11 is 3.58. The molecule has 0 aliphatic carbocycles. The van der Waals surface area contributed by atoms with Crippen LogP contribution in [0, 0.1) is 0 Å². The summed E-state index contributed by atoms with van der Waals surface area (Å²) in [4.78, 5) is 5.03. The van der Waals surface area contributed by atoms with Crippen LogP contribution in [-0.2, 0) is 6.42 Å². The van der Waals surface area contributed by atoms with Gasteiger partial charge in [0.25, 0.3) is 0 Å². The lowest BCUT2D eigenvalue weighted by Gasteiger charge is -2.39. The van der Waals surface area contributed by atoms with Crippen molar-refractivity contribution in [1.29, 1.82) is 0 Å². The van der Waals surface area contributed by atoms with E-state index in [1.165, 1.54) is 11.3 Å². The first kappa shape index (κ1) is 14.8. The fraction of sp³-hybridized carbons (Fsp3) is 0.600. The minimum atomic E-state index is 0.646. The molecular weight excluding hydrogens is 302 g/mol. The summed E-state index contributed by atoms with van der Waals surface area (Å²) in [7, 11) is 0. The SMILES string of the molecule is CC(C)N1CCN(c2cc(Br)ccc2CCN)CC1. The van der Waals surface area contributed by atoms with E-state index in [9.17, 15) is 0 Å². The molecule has 1 aromatic rings. The second-order valence-electron chi connectivity index (χ2n) is 5.43. The monoisotopic (exact) mass is 325 g/mol. The molecule has 1 fully saturated rings. The number of anilines is 1. The summed E-state index contributed by atoms with van der Waals surface area (Å²) in [5.41, 5.74) is 8.44. The van der Waals surface area contributed by atoms with Gasteiger partial charge in [-0.05, 0) is 44.5 Å². The molecule has 1 aliphatic heterocycles. The minimum Gasteiger partial charge on any atom is -0.369 e. The molecule has 0 bridgehead atoms. The van der Waals surface area contributed by atoms with Gasteiger partial charge in [0.2, 0.25) is 0 Å². The van der Waals surface area contributed by atoms with Crippen LogP contribution in [0.3, 0.4) is 0 Å². The number of hydrogen-bond donors (Lipinski definition) is 1. The van der Waals surface area contributed by atoms with Crippen molar-refractivity contribution >= 4 is 21.6 Å². The molecule has 0 atom stereocenters. The van der Waals surface area contributed by atoms with Crippen molar-refractivity contribution in [3.8, 4) is 0 Å². The molecule has 0 saturated carbocycles. The van der Waals surface area contributed by atoms with E-state index in [1.807, 2.05) is 0 Å². The Morgan fingerprint density at radius 1 is 1.21 bits per heavy atom. The molecule has 1 saturated heterocycles. The highest BCUT2D eigenvalue weighted by atomic mass is 79.9. The lowest BCUT2D eigenvalue weighted by Crippen LogP contribution is -2.49. The molecule has 0 aromatic heterocycles. The van der Waals surface area contributed by atoms with Gasteiger partial charge in [-0.3, -0.25) is 4.90 Å². The van der Waals surface area contributed by atoms with Gasteiger partial charge >= 0.3 is 0 Å². The van der Waals surface area contributed by atoms with Crippen LogP contribution in [-0.4, -0.2) is 43.7 Å². The number of halogens is 1. The summed E-state index contributed by atoms with van der Waals surface area (Å²) in [6.07, 6.45) is 0.951. The maximum absolute atomic E-state index is 5.72. The van der Waals surface area contributed by atoms with E-state index < -0.39 is 0 Å². The maximum atomic E-state index is 5.72. The fourth-order valence-electron chi connectivity index (χ4n) is 2.68. The molecule has 2 N–H and O–H groups in total. The molecule has 0 unspecified atom stereocenters. The van der Waals surface area contributed by atoms with Crippen molar-refractivity contribution in [2.75, 3.05) is 37.6 Å². The molecule has 1 aromatic carbocycles. The van der Waals surface area contributed by atoms with Crippen molar-refractivity contribution in [1.82, 2.24) is 4.90 Å². The van der Waals surface area contributed by atoms with Gasteiger partial charge in [0.15, 0.2) is 0 Å². The quantitative estimate of drug-likeness (QED) is 0.923. The van der Waals surface area contributed by atoms with E-state index in [4.69, 9.17) is 5.73 Å². The average Bonchev–Trinajstić information content (AvgIpc) is 2.41. The molecular formula is C15H24BrN3. The normalized spacial score (nSPS) is 17.2. The number of nitrogens with two attached hydrogens (primary N) is 1. The Kier molecular flexibility index (Phi) is 5.25. The van der Waals surface area contributed by atoms with E-state index >= 15 is 0 Å². The first-order valence-electron chi connectivity index (χ1n) is 7.09. The van der Waals surface area contributed by atoms with Gasteiger partial charge in [-0.25, -0.2) is 0 Å². The molecule has 1 aliphatic rings. The van der Waals surface area contributed by atoms with E-state index in [0.717, 1.165) is 37.1 Å². The predicted molar refractivity (Wildman–Crippen MR) is 85.8 cm³/mol. The smallest absolute Gasteiger partial charge is 0.0411 e. The highest BCUT2D eigenvalue weighted by Crippen LogP contribution is 2.26. The molecule has 1 heterocycles. The summed E-state index contributed by atoms with van der Waals surface area (Å²) < 4.78 is 1.15. The van der Waals surface area contributed by atoms with Gasteiger partial charge in [0.1, 0.15) is 0 Å². The zero-order chi connectivity index (χ0) is 13.8. The van der Waals surface area contributed by atoms with Gasteiger partial charge in [-0.15, -0.1) is 0 Å². The molecule has 0 amide bonds. The van der Waals surface area contributed by atoms with E-state index in [1.54, 1.807) is 0 Å². The lowest BCUT2D eigenvalue weighted by atomic mass is 10.1. The molecule has 3 nitrogen and oxygen atoms in total. The second-order valence-corrected chi connectivity index (χ2v) is 6.34. The van der Waals surface area contributed by atoms with E-state index in [-0.39, 0.29) is 0 Å². The minimum absolute atomic E-state index is 0.646. The molecule has 2 rings (SSSR count). The fourth-order valence-corrected chi connectivity index (χ4v) is 3.03. The zero-order valence-corrected chi connectivity index (χ0v) is 13.5. The Morgan fingerprint density at radius 2 is 1.89 bits per heavy atom. The number of hydrogen-bond acceptors (Lipinski definition) is 3. The van der Waals surface area contributed by atoms with Crippen LogP contribution < -0.4 is 10.6 Å². The van der Waals surface area contributed by atoms with Crippen LogP contribution in [0.25, 0.3) is 0 Å². The van der Waals surface area contributed by atoms with Crippen molar-refractivity contribution in [3.05, 3.63) is 28.2 Å². The topological polar surface area (TPSA) is 32.5 Å². The van der Waals surface area contributed by atoms with Crippen LogP contribution in [0.4, 0.5) is 5.69 Å². The first-order chi connectivity index (χ1) is 9.11. The van der Waals surface area contributed by atoms with Crippen molar-refractivity contribution < 1.29 is 0 Å². The van der Waals surface area contributed by atoms with Gasteiger partial charge in [-0.2, -0.15) is 0 Å². The Labute approximate surface area is 124 Å². The summed E-state index contributed by atoms with van der Waals surface area (Å²) in [6, 6.07) is 7.18. The maximum Gasteiger partial charge on any atom is 0.0411 e. The van der Waals surface area contributed by atoms with Gasteiger partial charge < -0.3 is 10.6 Å². The van der Waals surface area contributed by atoms with Gasteiger partial charge in [0.05, 0.1) is 0 Å². The van der Waals surface area contributed by atoms with Crippen molar-refractivity contribution in [3.63, 3.8) is 0 Å². The van der Waals surface area contributed by atoms with E-state index in [0.29, 0.717) is 12.6 Å². The Bertz CT molecular complexity index is 412. The second kappa shape index (κ2) is 6.73. The largest absolute Gasteiger partial charge is 0.369 e. The predicted octanol–water partition coefficient (Wildman–Crippen LogP) is 2.48. The highest BCUT2D eigenvalue weighted by molar-refractivity contribution is 9.10. The Hall–Kier alpha value is -0.580. The number of piperazine rings is 1. The Morgan fingerprint density at radius 3 is 2.47 bits per heavy atom. The van der Waals surface area contributed by atoms with Crippen LogP contribution in [0.1, 0.15) is 19.4 Å². The lowest BCUT2D eigenvalue weighted by molar-refractivity contribution is 0.209. The Balaban J connectivity index is 2.12. The zero-order valence-electron chi connectivity index (χ0n) is 11.9.